The molecule has 0 radical (unpaired) electrons. The highest BCUT2D eigenvalue weighted by atomic mass is 32.2. The van der Waals surface area contributed by atoms with Gasteiger partial charge in [0.15, 0.2) is 14.7 Å². The first kappa shape index (κ1) is 19.0. The molecule has 1 aromatic heterocycles. The van der Waals surface area contributed by atoms with Crippen LogP contribution in [0.5, 0.6) is 0 Å². The van der Waals surface area contributed by atoms with Crippen molar-refractivity contribution in [1.82, 2.24) is 0 Å². The Kier molecular flexibility index (Phi) is 5.55. The van der Waals surface area contributed by atoms with Gasteiger partial charge in [0.05, 0.1) is 15.2 Å². The molecule has 1 aromatic carbocycles. The summed E-state index contributed by atoms with van der Waals surface area (Å²) < 4.78 is 48.9. The summed E-state index contributed by atoms with van der Waals surface area (Å²) in [4.78, 5) is 9.45. The maximum Gasteiger partial charge on any atom is 0.289 e. The molecular formula is C15H13NO6S3. The van der Waals surface area contributed by atoms with Crippen molar-refractivity contribution in [3.8, 4) is 0 Å². The number of hydrogen-bond acceptors (Lipinski definition) is 7. The smallest absolute Gasteiger partial charge is 0.258 e. The van der Waals surface area contributed by atoms with E-state index in [1.54, 1.807) is 22.9 Å². The Labute approximate surface area is 148 Å². The Morgan fingerprint density at radius 2 is 1.76 bits per heavy atom. The molecule has 10 heteroatoms. The van der Waals surface area contributed by atoms with Crippen molar-refractivity contribution in [1.29, 1.82) is 0 Å². The Morgan fingerprint density at radius 1 is 1.12 bits per heavy atom. The summed E-state index contributed by atoms with van der Waals surface area (Å²) in [6.07, 6.45) is 1.81. The lowest BCUT2D eigenvalue weighted by atomic mass is 10.3. The van der Waals surface area contributed by atoms with Crippen molar-refractivity contribution in [3.05, 3.63) is 78.8 Å². The molecule has 0 amide bonds. The zero-order valence-electron chi connectivity index (χ0n) is 12.9. The van der Waals surface area contributed by atoms with Crippen molar-refractivity contribution in [3.63, 3.8) is 0 Å². The van der Waals surface area contributed by atoms with Crippen molar-refractivity contribution >= 4 is 37.1 Å². The number of thiophene rings is 1. The third-order valence-electron chi connectivity index (χ3n) is 2.96. The molecular weight excluding hydrogens is 386 g/mol. The molecule has 0 aliphatic rings. The molecule has 0 saturated heterocycles. The molecule has 2 aromatic rings. The van der Waals surface area contributed by atoms with Gasteiger partial charge in [-0.3, -0.25) is 10.1 Å². The lowest BCUT2D eigenvalue weighted by molar-refractivity contribution is -0.418. The van der Waals surface area contributed by atoms with E-state index in [2.05, 4.69) is 0 Å². The van der Waals surface area contributed by atoms with Crippen molar-refractivity contribution in [2.24, 2.45) is 0 Å². The van der Waals surface area contributed by atoms with Gasteiger partial charge in [-0.15, -0.1) is 0 Å². The van der Waals surface area contributed by atoms with Crippen molar-refractivity contribution in [2.45, 2.75) is 4.90 Å². The Bertz CT molecular complexity index is 1030. The van der Waals surface area contributed by atoms with E-state index in [1.165, 1.54) is 35.6 Å². The van der Waals surface area contributed by atoms with E-state index in [0.29, 0.717) is 11.0 Å². The quantitative estimate of drug-likeness (QED) is 0.419. The minimum atomic E-state index is -4.41. The SMILES string of the molecule is CS(=O)(=O)/C=C(\C(=C/c1ccsc1)[N+](=O)[O-])S(=O)(=O)c1ccccc1. The van der Waals surface area contributed by atoms with Crippen LogP contribution in [-0.2, 0) is 19.7 Å². The highest BCUT2D eigenvalue weighted by molar-refractivity contribution is 7.98. The molecule has 7 nitrogen and oxygen atoms in total. The molecule has 0 atom stereocenters. The average Bonchev–Trinajstić information content (AvgIpc) is 3.03. The van der Waals surface area contributed by atoms with Crippen LogP contribution in [0.2, 0.25) is 0 Å². The van der Waals surface area contributed by atoms with Gasteiger partial charge >= 0.3 is 0 Å². The molecule has 0 fully saturated rings. The van der Waals surface area contributed by atoms with Gasteiger partial charge in [0.25, 0.3) is 5.70 Å². The standard InChI is InChI=1S/C15H13NO6S3/c1-24(19,20)11-15(25(21,22)13-5-3-2-4-6-13)14(16(17)18)9-12-7-8-23-10-12/h2-11H,1H3/b14-9+,15-11+. The normalized spacial score (nSPS) is 13.6. The second kappa shape index (κ2) is 7.30. The number of hydrogen-bond donors (Lipinski definition) is 0. The largest absolute Gasteiger partial charge is 0.289 e. The molecule has 25 heavy (non-hydrogen) atoms. The zero-order valence-corrected chi connectivity index (χ0v) is 15.3. The van der Waals surface area contributed by atoms with Crippen LogP contribution >= 0.6 is 11.3 Å². The van der Waals surface area contributed by atoms with Crippen LogP contribution in [0.4, 0.5) is 0 Å². The van der Waals surface area contributed by atoms with Gasteiger partial charge in [0.2, 0.25) is 9.84 Å². The number of nitro groups is 1. The van der Waals surface area contributed by atoms with Crippen LogP contribution in [0.3, 0.4) is 0 Å². The van der Waals surface area contributed by atoms with E-state index in [4.69, 9.17) is 0 Å². The predicted molar refractivity (Wildman–Crippen MR) is 95.8 cm³/mol. The summed E-state index contributed by atoms with van der Waals surface area (Å²) >= 11 is 1.27. The fourth-order valence-corrected chi connectivity index (χ4v) is 5.25. The van der Waals surface area contributed by atoms with E-state index >= 15 is 0 Å². The number of nitrogens with zero attached hydrogens (tertiary/aromatic N) is 1. The van der Waals surface area contributed by atoms with Gasteiger partial charge < -0.3 is 0 Å². The Hall–Kier alpha value is -2.30. The maximum absolute atomic E-state index is 12.8. The molecule has 0 unspecified atom stereocenters. The van der Waals surface area contributed by atoms with Crippen LogP contribution in [0.1, 0.15) is 5.56 Å². The van der Waals surface area contributed by atoms with Gasteiger partial charge in [-0.05, 0) is 34.5 Å². The zero-order chi connectivity index (χ0) is 18.7. The monoisotopic (exact) mass is 399 g/mol. The van der Waals surface area contributed by atoms with Gasteiger partial charge in [-0.25, -0.2) is 16.8 Å². The molecule has 2 rings (SSSR count). The van der Waals surface area contributed by atoms with E-state index in [1.807, 2.05) is 0 Å². The molecule has 0 N–H and O–H groups in total. The van der Waals surface area contributed by atoms with Gasteiger partial charge in [0, 0.05) is 12.3 Å². The van der Waals surface area contributed by atoms with Crippen molar-refractivity contribution in [2.75, 3.05) is 6.26 Å². The van der Waals surface area contributed by atoms with Gasteiger partial charge in [-0.1, -0.05) is 18.2 Å². The maximum atomic E-state index is 12.8. The average molecular weight is 399 g/mol. The summed E-state index contributed by atoms with van der Waals surface area (Å²) in [6.45, 7) is 0. The summed E-state index contributed by atoms with van der Waals surface area (Å²) in [5, 5.41) is 15.1. The third-order valence-corrected chi connectivity index (χ3v) is 6.27. The molecule has 132 valence electrons. The molecule has 0 aliphatic heterocycles. The van der Waals surface area contributed by atoms with E-state index in [0.717, 1.165) is 12.3 Å². The Morgan fingerprint density at radius 3 is 2.24 bits per heavy atom. The predicted octanol–water partition coefficient (Wildman–Crippen LogP) is 2.73. The first-order chi connectivity index (χ1) is 11.6. The highest BCUT2D eigenvalue weighted by Gasteiger charge is 2.33. The fourth-order valence-electron chi connectivity index (χ4n) is 1.91. The van der Waals surface area contributed by atoms with Crippen LogP contribution in [0, 0.1) is 10.1 Å². The molecule has 0 saturated carbocycles. The van der Waals surface area contributed by atoms with E-state index < -0.39 is 35.2 Å². The Balaban J connectivity index is 2.77. The fraction of sp³-hybridized carbons (Fsp3) is 0.0667. The highest BCUT2D eigenvalue weighted by Crippen LogP contribution is 2.28. The summed E-state index contributed by atoms with van der Waals surface area (Å²) in [5.74, 6) is 0. The van der Waals surface area contributed by atoms with E-state index in [-0.39, 0.29) is 4.90 Å². The molecule has 0 bridgehead atoms. The van der Waals surface area contributed by atoms with Gasteiger partial charge in [0.1, 0.15) is 0 Å². The minimum absolute atomic E-state index is 0.233. The number of rotatable bonds is 6. The minimum Gasteiger partial charge on any atom is -0.258 e. The third kappa shape index (κ3) is 4.84. The topological polar surface area (TPSA) is 111 Å². The second-order valence-electron chi connectivity index (χ2n) is 4.97. The first-order valence-electron chi connectivity index (χ1n) is 6.72. The summed E-state index contributed by atoms with van der Waals surface area (Å²) in [5.41, 5.74) is -0.410. The lowest BCUT2D eigenvalue weighted by Crippen LogP contribution is -2.14. The first-order valence-corrected chi connectivity index (χ1v) is 11.1. The van der Waals surface area contributed by atoms with Crippen LogP contribution in [0.15, 0.2) is 68.1 Å². The molecule has 0 spiro atoms. The van der Waals surface area contributed by atoms with E-state index in [9.17, 15) is 26.9 Å². The molecule has 1 heterocycles. The number of sulfone groups is 2. The molecule has 0 aliphatic carbocycles. The van der Waals surface area contributed by atoms with Crippen LogP contribution in [-0.4, -0.2) is 28.0 Å². The lowest BCUT2D eigenvalue weighted by Gasteiger charge is -2.07. The second-order valence-corrected chi connectivity index (χ2v) is 9.56. The van der Waals surface area contributed by atoms with Crippen molar-refractivity contribution < 1.29 is 21.8 Å². The summed E-state index contributed by atoms with van der Waals surface area (Å²) in [7, 11) is -8.36. The van der Waals surface area contributed by atoms with Crippen LogP contribution < -0.4 is 0 Å². The number of benzene rings is 1. The van der Waals surface area contributed by atoms with Gasteiger partial charge in [-0.2, -0.15) is 11.3 Å². The summed E-state index contributed by atoms with van der Waals surface area (Å²) in [6, 6.07) is 8.51. The van der Waals surface area contributed by atoms with Crippen LogP contribution in [0.25, 0.3) is 6.08 Å².